The molecule has 0 spiro atoms. The fourth-order valence-electron chi connectivity index (χ4n) is 3.30. The molecule has 0 radical (unpaired) electrons. The van der Waals surface area contributed by atoms with Gasteiger partial charge in [0.1, 0.15) is 16.8 Å². The molecule has 0 amide bonds. The van der Waals surface area contributed by atoms with Gasteiger partial charge in [-0.2, -0.15) is 0 Å². The first kappa shape index (κ1) is 19.5. The highest BCUT2D eigenvalue weighted by Crippen LogP contribution is 2.58. The molecule has 0 aromatic heterocycles. The SMILES string of the molecule is C#C[C@@]1(CO)CC2C(C(=C)/C=C(/F)C(=C(C)C)/C(N)=N\C(=C)Cl)[C@@H]2O1. The Balaban J connectivity index is 2.14. The van der Waals surface area contributed by atoms with Gasteiger partial charge in [0.05, 0.1) is 18.3 Å². The molecule has 1 aliphatic heterocycles. The van der Waals surface area contributed by atoms with Gasteiger partial charge in [-0.05, 0) is 37.8 Å². The van der Waals surface area contributed by atoms with E-state index in [1.165, 1.54) is 6.08 Å². The normalized spacial score (nSPS) is 31.1. The van der Waals surface area contributed by atoms with Crippen LogP contribution in [0, 0.1) is 24.2 Å². The minimum absolute atomic E-state index is 0.0154. The molecule has 2 aliphatic rings. The van der Waals surface area contributed by atoms with E-state index < -0.39 is 11.4 Å². The van der Waals surface area contributed by atoms with Crippen molar-refractivity contribution in [3.05, 3.63) is 46.9 Å². The molecule has 2 unspecified atom stereocenters. The summed E-state index contributed by atoms with van der Waals surface area (Å²) in [5.74, 6) is 2.05. The second kappa shape index (κ2) is 7.17. The van der Waals surface area contributed by atoms with Gasteiger partial charge in [0.15, 0.2) is 5.60 Å². The Labute approximate surface area is 152 Å². The van der Waals surface area contributed by atoms with Gasteiger partial charge in [0.25, 0.3) is 0 Å². The molecule has 1 aliphatic carbocycles. The average Bonchev–Trinajstić information content (AvgIpc) is 3.02. The number of halogens is 2. The molecule has 25 heavy (non-hydrogen) atoms. The summed E-state index contributed by atoms with van der Waals surface area (Å²) in [6.07, 6.45) is 7.17. The van der Waals surface area contributed by atoms with Crippen LogP contribution in [0.1, 0.15) is 20.3 Å². The van der Waals surface area contributed by atoms with Crippen molar-refractivity contribution in [2.24, 2.45) is 22.6 Å². The average molecular weight is 365 g/mol. The molecule has 1 saturated carbocycles. The van der Waals surface area contributed by atoms with Gasteiger partial charge in [0, 0.05) is 5.92 Å². The Morgan fingerprint density at radius 2 is 2.20 bits per heavy atom. The van der Waals surface area contributed by atoms with Crippen molar-refractivity contribution in [2.75, 3.05) is 6.61 Å². The highest BCUT2D eigenvalue weighted by molar-refractivity contribution is 6.30. The van der Waals surface area contributed by atoms with Gasteiger partial charge >= 0.3 is 0 Å². The monoisotopic (exact) mass is 364 g/mol. The van der Waals surface area contributed by atoms with E-state index in [1.54, 1.807) is 13.8 Å². The summed E-state index contributed by atoms with van der Waals surface area (Å²) in [5, 5.41) is 9.35. The van der Waals surface area contributed by atoms with Crippen LogP contribution < -0.4 is 5.73 Å². The van der Waals surface area contributed by atoms with Crippen LogP contribution in [-0.4, -0.2) is 29.3 Å². The number of aliphatic imine (C=N–C) groups is 1. The fourth-order valence-corrected chi connectivity index (χ4v) is 3.39. The molecule has 0 aromatic carbocycles. The number of aliphatic hydroxyl groups is 1. The first-order valence-electron chi connectivity index (χ1n) is 7.85. The standard InChI is InChI=1S/C19H22ClFN2O2/c1-6-19(9-24)8-13-16(17(13)25-19)11(4)7-14(21)15(10(2)3)18(22)23-12(5)20/h1,7,13,16-17,24H,4-5,8-9H2,2-3H3,(H2,22,23)/b14-7+/t13?,16?,17-,19+/m1/s1. The summed E-state index contributed by atoms with van der Waals surface area (Å²) in [6.45, 7) is 10.6. The summed E-state index contributed by atoms with van der Waals surface area (Å²) < 4.78 is 20.5. The molecule has 4 atom stereocenters. The number of fused-ring (bicyclic) bond motifs is 1. The summed E-state index contributed by atoms with van der Waals surface area (Å²) in [5.41, 5.74) is 6.31. The summed E-state index contributed by atoms with van der Waals surface area (Å²) in [4.78, 5) is 3.81. The lowest BCUT2D eigenvalue weighted by Crippen LogP contribution is -2.33. The van der Waals surface area contributed by atoms with Crippen molar-refractivity contribution >= 4 is 17.4 Å². The van der Waals surface area contributed by atoms with E-state index in [-0.39, 0.29) is 41.1 Å². The minimum Gasteiger partial charge on any atom is -0.392 e. The molecular weight excluding hydrogens is 343 g/mol. The second-order valence-electron chi connectivity index (χ2n) is 6.59. The van der Waals surface area contributed by atoms with Crippen LogP contribution >= 0.6 is 11.6 Å². The molecule has 134 valence electrons. The zero-order valence-corrected chi connectivity index (χ0v) is 15.1. The Hall–Kier alpha value is -1.87. The van der Waals surface area contributed by atoms with Crippen LogP contribution in [0.2, 0.25) is 0 Å². The van der Waals surface area contributed by atoms with Crippen LogP contribution in [0.5, 0.6) is 0 Å². The molecule has 2 fully saturated rings. The van der Waals surface area contributed by atoms with E-state index in [0.717, 1.165) is 0 Å². The van der Waals surface area contributed by atoms with Crippen LogP contribution in [-0.2, 0) is 4.74 Å². The van der Waals surface area contributed by atoms with Gasteiger partial charge in [0.2, 0.25) is 0 Å². The largest absolute Gasteiger partial charge is 0.392 e. The van der Waals surface area contributed by atoms with Crippen molar-refractivity contribution in [2.45, 2.75) is 32.0 Å². The molecule has 1 heterocycles. The van der Waals surface area contributed by atoms with E-state index in [1.807, 2.05) is 0 Å². The van der Waals surface area contributed by atoms with E-state index in [4.69, 9.17) is 28.5 Å². The van der Waals surface area contributed by atoms with Crippen molar-refractivity contribution in [3.8, 4) is 12.3 Å². The maximum atomic E-state index is 14.7. The predicted octanol–water partition coefficient (Wildman–Crippen LogP) is 3.20. The number of amidine groups is 1. The van der Waals surface area contributed by atoms with E-state index >= 15 is 0 Å². The lowest BCUT2D eigenvalue weighted by Gasteiger charge is -2.23. The minimum atomic E-state index is -0.919. The third-order valence-corrected chi connectivity index (χ3v) is 4.60. The zero-order chi connectivity index (χ0) is 18.9. The third-order valence-electron chi connectivity index (χ3n) is 4.52. The van der Waals surface area contributed by atoms with Gasteiger partial charge in [-0.25, -0.2) is 9.38 Å². The predicted molar refractivity (Wildman–Crippen MR) is 98.4 cm³/mol. The van der Waals surface area contributed by atoms with Gasteiger partial charge < -0.3 is 15.6 Å². The van der Waals surface area contributed by atoms with Crippen molar-refractivity contribution in [3.63, 3.8) is 0 Å². The highest BCUT2D eigenvalue weighted by Gasteiger charge is 2.63. The molecule has 4 nitrogen and oxygen atoms in total. The molecule has 3 N–H and O–H groups in total. The number of nitrogens with two attached hydrogens (primary N) is 1. The van der Waals surface area contributed by atoms with E-state index in [2.05, 4.69) is 24.1 Å². The second-order valence-corrected chi connectivity index (χ2v) is 7.02. The Bertz CT molecular complexity index is 729. The van der Waals surface area contributed by atoms with Crippen LogP contribution in [0.4, 0.5) is 4.39 Å². The van der Waals surface area contributed by atoms with Crippen molar-refractivity contribution < 1.29 is 14.2 Å². The molecular formula is C19H22ClFN2O2. The number of allylic oxidation sites excluding steroid dienone is 2. The maximum absolute atomic E-state index is 14.7. The first-order valence-corrected chi connectivity index (χ1v) is 8.23. The molecule has 6 heteroatoms. The van der Waals surface area contributed by atoms with Crippen LogP contribution in [0.15, 0.2) is 51.9 Å². The number of rotatable bonds is 6. The fraction of sp³-hybridized carbons (Fsp3) is 0.421. The van der Waals surface area contributed by atoms with Gasteiger partial charge in [-0.15, -0.1) is 6.42 Å². The summed E-state index contributed by atoms with van der Waals surface area (Å²) in [7, 11) is 0. The summed E-state index contributed by atoms with van der Waals surface area (Å²) in [6, 6.07) is 0. The Kier molecular flexibility index (Phi) is 5.58. The number of nitrogens with zero attached hydrogens (tertiary/aromatic N) is 1. The number of hydrogen-bond donors (Lipinski definition) is 2. The Morgan fingerprint density at radius 3 is 2.60 bits per heavy atom. The zero-order valence-electron chi connectivity index (χ0n) is 14.4. The summed E-state index contributed by atoms with van der Waals surface area (Å²) >= 11 is 5.61. The topological polar surface area (TPSA) is 67.8 Å². The lowest BCUT2D eigenvalue weighted by molar-refractivity contribution is -0.0270. The van der Waals surface area contributed by atoms with E-state index in [9.17, 15) is 9.50 Å². The molecule has 0 bridgehead atoms. The highest BCUT2D eigenvalue weighted by atomic mass is 35.5. The molecule has 1 saturated heterocycles. The van der Waals surface area contributed by atoms with Gasteiger partial charge in [-0.1, -0.05) is 36.3 Å². The maximum Gasteiger partial charge on any atom is 0.152 e. The number of aliphatic hydroxyl groups excluding tert-OH is 1. The van der Waals surface area contributed by atoms with Gasteiger partial charge in [-0.3, -0.25) is 0 Å². The number of ether oxygens (including phenoxy) is 1. The quantitative estimate of drug-likeness (QED) is 0.250. The van der Waals surface area contributed by atoms with Crippen molar-refractivity contribution in [1.82, 2.24) is 0 Å². The number of hydrogen-bond acceptors (Lipinski definition) is 3. The van der Waals surface area contributed by atoms with E-state index in [0.29, 0.717) is 17.6 Å². The van der Waals surface area contributed by atoms with Crippen LogP contribution in [0.3, 0.4) is 0 Å². The third kappa shape index (κ3) is 3.87. The van der Waals surface area contributed by atoms with Crippen molar-refractivity contribution in [1.29, 1.82) is 0 Å². The first-order chi connectivity index (χ1) is 11.7. The lowest BCUT2D eigenvalue weighted by atomic mass is 9.96. The number of terminal acetylenes is 1. The Morgan fingerprint density at radius 1 is 1.56 bits per heavy atom. The molecule has 0 aromatic rings. The molecule has 2 rings (SSSR count). The van der Waals surface area contributed by atoms with Crippen LogP contribution in [0.25, 0.3) is 0 Å². The smallest absolute Gasteiger partial charge is 0.152 e.